The summed E-state index contributed by atoms with van der Waals surface area (Å²) in [5.74, 6) is 0.779. The van der Waals surface area contributed by atoms with E-state index in [1.807, 2.05) is 38.1 Å². The van der Waals surface area contributed by atoms with Gasteiger partial charge in [0.25, 0.3) is 0 Å². The van der Waals surface area contributed by atoms with E-state index in [1.54, 1.807) is 0 Å². The average Bonchev–Trinajstić information content (AvgIpc) is 2.39. The van der Waals surface area contributed by atoms with Crippen LogP contribution in [0.5, 0.6) is 5.75 Å². The van der Waals surface area contributed by atoms with E-state index in [4.69, 9.17) is 9.47 Å². The van der Waals surface area contributed by atoms with Gasteiger partial charge >= 0.3 is 0 Å². The fourth-order valence-electron chi connectivity index (χ4n) is 2.49. The van der Waals surface area contributed by atoms with E-state index < -0.39 is 6.10 Å². The third-order valence-electron chi connectivity index (χ3n) is 3.40. The minimum Gasteiger partial charge on any atom is -0.491 e. The number of aliphatic hydroxyl groups is 1. The zero-order valence-electron chi connectivity index (χ0n) is 11.8. The largest absolute Gasteiger partial charge is 0.491 e. The first-order valence-electron chi connectivity index (χ1n) is 7.22. The molecule has 0 amide bonds. The average molecular weight is 264 g/mol. The van der Waals surface area contributed by atoms with Crippen LogP contribution in [0, 0.1) is 0 Å². The van der Waals surface area contributed by atoms with Crippen molar-refractivity contribution in [2.24, 2.45) is 0 Å². The highest BCUT2D eigenvalue weighted by Gasteiger charge is 2.21. The molecule has 1 aromatic rings. The molecule has 1 aromatic carbocycles. The van der Waals surface area contributed by atoms with Crippen molar-refractivity contribution in [3.8, 4) is 5.75 Å². The van der Waals surface area contributed by atoms with Gasteiger partial charge in [0.1, 0.15) is 5.75 Å². The Labute approximate surface area is 115 Å². The number of hydrogen-bond acceptors (Lipinski definition) is 3. The van der Waals surface area contributed by atoms with Gasteiger partial charge in [-0.25, -0.2) is 0 Å². The molecule has 3 nitrogen and oxygen atoms in total. The number of aliphatic hydroxyl groups excluding tert-OH is 1. The Kier molecular flexibility index (Phi) is 5.23. The van der Waals surface area contributed by atoms with Crippen molar-refractivity contribution < 1.29 is 14.6 Å². The van der Waals surface area contributed by atoms with Crippen molar-refractivity contribution in [3.63, 3.8) is 0 Å². The second-order valence-electron chi connectivity index (χ2n) is 5.44. The van der Waals surface area contributed by atoms with Gasteiger partial charge in [0.15, 0.2) is 0 Å². The molecule has 0 aromatic heterocycles. The molecule has 1 heterocycles. The van der Waals surface area contributed by atoms with Gasteiger partial charge in [0, 0.05) is 18.6 Å². The molecule has 1 aliphatic heterocycles. The minimum atomic E-state index is -0.516. The Morgan fingerprint density at radius 2 is 2.11 bits per heavy atom. The monoisotopic (exact) mass is 264 g/mol. The predicted octanol–water partition coefficient (Wildman–Crippen LogP) is 3.47. The topological polar surface area (TPSA) is 38.7 Å². The minimum absolute atomic E-state index is 0.110. The van der Waals surface area contributed by atoms with Crippen molar-refractivity contribution in [3.05, 3.63) is 29.8 Å². The second-order valence-corrected chi connectivity index (χ2v) is 5.44. The van der Waals surface area contributed by atoms with Crippen LogP contribution in [0.2, 0.25) is 0 Å². The Hall–Kier alpha value is -1.06. The molecule has 2 rings (SSSR count). The van der Waals surface area contributed by atoms with E-state index in [0.717, 1.165) is 30.8 Å². The maximum Gasteiger partial charge on any atom is 0.125 e. The van der Waals surface area contributed by atoms with Crippen LogP contribution >= 0.6 is 0 Å². The van der Waals surface area contributed by atoms with Crippen LogP contribution in [-0.2, 0) is 4.74 Å². The zero-order chi connectivity index (χ0) is 13.7. The molecule has 19 heavy (non-hydrogen) atoms. The Bertz CT molecular complexity index is 383. The summed E-state index contributed by atoms with van der Waals surface area (Å²) in [5.41, 5.74) is 0.866. The molecular formula is C16H24O3. The van der Waals surface area contributed by atoms with Gasteiger partial charge in [-0.2, -0.15) is 0 Å². The van der Waals surface area contributed by atoms with Crippen LogP contribution in [0.1, 0.15) is 51.2 Å². The molecule has 1 fully saturated rings. The second kappa shape index (κ2) is 6.92. The van der Waals surface area contributed by atoms with Crippen LogP contribution in [-0.4, -0.2) is 23.9 Å². The summed E-state index contributed by atoms with van der Waals surface area (Å²) in [6.07, 6.45) is 3.80. The molecule has 0 spiro atoms. The third-order valence-corrected chi connectivity index (χ3v) is 3.40. The standard InChI is InChI=1S/C16H24O3/c1-12(2)19-16-9-4-3-8-14(16)15(17)11-13-7-5-6-10-18-13/h3-4,8-9,12-13,15,17H,5-7,10-11H2,1-2H3. The van der Waals surface area contributed by atoms with Gasteiger partial charge in [0.05, 0.1) is 18.3 Å². The van der Waals surface area contributed by atoms with Gasteiger partial charge < -0.3 is 14.6 Å². The summed E-state index contributed by atoms with van der Waals surface area (Å²) in [4.78, 5) is 0. The Balaban J connectivity index is 2.02. The van der Waals surface area contributed by atoms with Crippen molar-refractivity contribution in [1.82, 2.24) is 0 Å². The number of rotatable bonds is 5. The summed E-state index contributed by atoms with van der Waals surface area (Å²) in [7, 11) is 0. The number of ether oxygens (including phenoxy) is 2. The Morgan fingerprint density at radius 3 is 2.79 bits per heavy atom. The van der Waals surface area contributed by atoms with Crippen molar-refractivity contribution in [2.45, 2.75) is 57.8 Å². The highest BCUT2D eigenvalue weighted by molar-refractivity contribution is 5.35. The summed E-state index contributed by atoms with van der Waals surface area (Å²) < 4.78 is 11.4. The first-order valence-corrected chi connectivity index (χ1v) is 7.22. The van der Waals surface area contributed by atoms with E-state index in [1.165, 1.54) is 6.42 Å². The smallest absolute Gasteiger partial charge is 0.125 e. The van der Waals surface area contributed by atoms with E-state index >= 15 is 0 Å². The van der Waals surface area contributed by atoms with Crippen LogP contribution in [0.25, 0.3) is 0 Å². The normalized spacial score (nSPS) is 21.4. The van der Waals surface area contributed by atoms with Crippen LogP contribution in [0.4, 0.5) is 0 Å². The predicted molar refractivity (Wildman–Crippen MR) is 75.4 cm³/mol. The molecule has 0 aliphatic carbocycles. The number of benzene rings is 1. The van der Waals surface area contributed by atoms with Gasteiger partial charge in [-0.1, -0.05) is 18.2 Å². The maximum atomic E-state index is 10.4. The lowest BCUT2D eigenvalue weighted by molar-refractivity contribution is -0.0160. The number of para-hydroxylation sites is 1. The first kappa shape index (κ1) is 14.4. The fourth-order valence-corrected chi connectivity index (χ4v) is 2.49. The third kappa shape index (κ3) is 4.22. The van der Waals surface area contributed by atoms with E-state index in [-0.39, 0.29) is 12.2 Å². The molecule has 2 atom stereocenters. The highest BCUT2D eigenvalue weighted by atomic mass is 16.5. The SMILES string of the molecule is CC(C)Oc1ccccc1C(O)CC1CCCCO1. The molecule has 1 N–H and O–H groups in total. The molecule has 1 saturated heterocycles. The van der Waals surface area contributed by atoms with Crippen LogP contribution in [0.3, 0.4) is 0 Å². The van der Waals surface area contributed by atoms with E-state index in [2.05, 4.69) is 0 Å². The van der Waals surface area contributed by atoms with E-state index in [0.29, 0.717) is 6.42 Å². The molecule has 0 saturated carbocycles. The summed E-state index contributed by atoms with van der Waals surface area (Å²) >= 11 is 0. The zero-order valence-corrected chi connectivity index (χ0v) is 11.8. The van der Waals surface area contributed by atoms with Crippen LogP contribution < -0.4 is 4.74 Å². The highest BCUT2D eigenvalue weighted by Crippen LogP contribution is 2.31. The van der Waals surface area contributed by atoms with Gasteiger partial charge in [0.2, 0.25) is 0 Å². The lowest BCUT2D eigenvalue weighted by Crippen LogP contribution is -2.22. The molecule has 2 unspecified atom stereocenters. The van der Waals surface area contributed by atoms with Crippen molar-refractivity contribution in [1.29, 1.82) is 0 Å². The molecule has 0 radical (unpaired) electrons. The van der Waals surface area contributed by atoms with E-state index in [9.17, 15) is 5.11 Å². The molecular weight excluding hydrogens is 240 g/mol. The van der Waals surface area contributed by atoms with Gasteiger partial charge in [-0.05, 0) is 39.2 Å². The lowest BCUT2D eigenvalue weighted by Gasteiger charge is -2.26. The van der Waals surface area contributed by atoms with Gasteiger partial charge in [-0.15, -0.1) is 0 Å². The fraction of sp³-hybridized carbons (Fsp3) is 0.625. The maximum absolute atomic E-state index is 10.4. The molecule has 1 aliphatic rings. The summed E-state index contributed by atoms with van der Waals surface area (Å²) in [6.45, 7) is 4.81. The molecule has 3 heteroatoms. The van der Waals surface area contributed by atoms with Gasteiger partial charge in [-0.3, -0.25) is 0 Å². The summed E-state index contributed by atoms with van der Waals surface area (Å²) in [5, 5.41) is 10.4. The Morgan fingerprint density at radius 1 is 1.32 bits per heavy atom. The molecule has 0 bridgehead atoms. The van der Waals surface area contributed by atoms with Crippen molar-refractivity contribution >= 4 is 0 Å². The van der Waals surface area contributed by atoms with Crippen LogP contribution in [0.15, 0.2) is 24.3 Å². The first-order chi connectivity index (χ1) is 9.16. The lowest BCUT2D eigenvalue weighted by atomic mass is 9.98. The van der Waals surface area contributed by atoms with Crippen molar-refractivity contribution in [2.75, 3.05) is 6.61 Å². The number of hydrogen-bond donors (Lipinski definition) is 1. The quantitative estimate of drug-likeness (QED) is 0.885. The summed E-state index contributed by atoms with van der Waals surface area (Å²) in [6, 6.07) is 7.73. The molecule has 106 valence electrons.